The van der Waals surface area contributed by atoms with Gasteiger partial charge in [-0.2, -0.15) is 0 Å². The molecule has 0 amide bonds. The molecule has 6 heteroatoms. The fraction of sp³-hybridized carbons (Fsp3) is 0.273. The molecule has 8 aromatic carbocycles. The molecule has 0 radical (unpaired) electrons. The molecule has 72 heavy (non-hydrogen) atoms. The molecule has 8 fully saturated rings. The van der Waals surface area contributed by atoms with E-state index in [2.05, 4.69) is 191 Å². The molecule has 4 atom stereocenters. The highest BCUT2D eigenvalue weighted by molar-refractivity contribution is 7.02. The van der Waals surface area contributed by atoms with Crippen LogP contribution in [0, 0.1) is 35.5 Å². The molecule has 8 bridgehead atoms. The average Bonchev–Trinajstić information content (AvgIpc) is 4.06. The summed E-state index contributed by atoms with van der Waals surface area (Å²) in [6.45, 7) is 0.0211. The summed E-state index contributed by atoms with van der Waals surface area (Å²) in [5.74, 6) is 7.24. The van der Waals surface area contributed by atoms with Gasteiger partial charge in [-0.3, -0.25) is 0 Å². The van der Waals surface area contributed by atoms with Crippen LogP contribution in [0.4, 0.5) is 51.2 Å². The zero-order chi connectivity index (χ0) is 46.6. The molecular formula is C66H55B2N3O. The lowest BCUT2D eigenvalue weighted by molar-refractivity contribution is 0.229. The second kappa shape index (κ2) is 14.0. The van der Waals surface area contributed by atoms with Crippen molar-refractivity contribution in [1.82, 2.24) is 0 Å². The fourth-order valence-electron chi connectivity index (χ4n) is 18.6. The second-order valence-corrected chi connectivity index (χ2v) is 24.4. The number of para-hydroxylation sites is 5. The summed E-state index contributed by atoms with van der Waals surface area (Å²) in [4.78, 5) is 7.97. The number of ether oxygens (including phenoxy) is 1. The highest BCUT2D eigenvalue weighted by atomic mass is 16.5. The molecule has 8 aliphatic carbocycles. The largest absolute Gasteiger partial charge is 0.458 e. The van der Waals surface area contributed by atoms with Crippen molar-refractivity contribution in [2.45, 2.75) is 75.0 Å². The van der Waals surface area contributed by atoms with Crippen molar-refractivity contribution < 1.29 is 4.74 Å². The second-order valence-electron chi connectivity index (χ2n) is 24.4. The van der Waals surface area contributed by atoms with Crippen LogP contribution in [-0.2, 0) is 10.8 Å². The minimum absolute atomic E-state index is 0.00284. The summed E-state index contributed by atoms with van der Waals surface area (Å²) < 4.78 is 7.25. The topological polar surface area (TPSA) is 19.0 Å². The molecular weight excluding hydrogens is 872 g/mol. The van der Waals surface area contributed by atoms with Crippen molar-refractivity contribution in [3.05, 3.63) is 187 Å². The van der Waals surface area contributed by atoms with Gasteiger partial charge in [0.25, 0.3) is 13.4 Å². The molecule has 20 rings (SSSR count). The predicted octanol–water partition coefficient (Wildman–Crippen LogP) is 12.3. The van der Waals surface area contributed by atoms with Gasteiger partial charge >= 0.3 is 0 Å². The minimum Gasteiger partial charge on any atom is -0.458 e. The van der Waals surface area contributed by atoms with Crippen LogP contribution in [0.15, 0.2) is 176 Å². The molecule has 4 nitrogen and oxygen atoms in total. The Morgan fingerprint density at radius 3 is 1.31 bits per heavy atom. The number of nitrogens with zero attached hydrogens (tertiary/aromatic N) is 3. The Bertz CT molecular complexity index is 3600. The first-order valence-corrected chi connectivity index (χ1v) is 27.5. The van der Waals surface area contributed by atoms with Crippen molar-refractivity contribution in [3.63, 3.8) is 0 Å². The third-order valence-corrected chi connectivity index (χ3v) is 20.9. The first kappa shape index (κ1) is 39.7. The van der Waals surface area contributed by atoms with Crippen LogP contribution in [0.25, 0.3) is 0 Å². The van der Waals surface area contributed by atoms with E-state index in [9.17, 15) is 0 Å². The van der Waals surface area contributed by atoms with Gasteiger partial charge in [0.2, 0.25) is 0 Å². The summed E-state index contributed by atoms with van der Waals surface area (Å²) in [7, 11) is 0. The highest BCUT2D eigenvalue weighted by Gasteiger charge is 2.59. The summed E-state index contributed by atoms with van der Waals surface area (Å²) >= 11 is 0. The van der Waals surface area contributed by atoms with Gasteiger partial charge in [-0.25, -0.2) is 0 Å². The SMILES string of the molecule is c1ccc(N2c3cc4c(cc3B3c5ccccc5Oc5cc(C67CC8CC(C6)C(C8)C7)cc2c53)B2c3ccccc3N(c3ccccc3)c3cc(C56CC7CC(C5)C(C7)C6)cc(c32)N4c2ccccc2)cc1. The maximum absolute atomic E-state index is 7.25. The van der Waals surface area contributed by atoms with Crippen LogP contribution in [0.5, 0.6) is 11.5 Å². The van der Waals surface area contributed by atoms with E-state index in [1.807, 2.05) is 0 Å². The van der Waals surface area contributed by atoms with E-state index in [1.54, 1.807) is 5.56 Å². The Kier molecular flexibility index (Phi) is 7.70. The van der Waals surface area contributed by atoms with Gasteiger partial charge in [-0.05, 0) is 233 Å². The van der Waals surface area contributed by atoms with Gasteiger partial charge in [0, 0.05) is 51.2 Å². The Morgan fingerprint density at radius 2 is 0.778 bits per heavy atom. The van der Waals surface area contributed by atoms with Gasteiger partial charge in [0.15, 0.2) is 0 Å². The molecule has 0 aromatic heterocycles. The van der Waals surface area contributed by atoms with E-state index < -0.39 is 0 Å². The highest BCUT2D eigenvalue weighted by Crippen LogP contribution is 2.67. The predicted molar refractivity (Wildman–Crippen MR) is 297 cm³/mol. The van der Waals surface area contributed by atoms with Crippen LogP contribution in [0.1, 0.15) is 75.3 Å². The van der Waals surface area contributed by atoms with Crippen LogP contribution in [0.3, 0.4) is 0 Å². The lowest BCUT2D eigenvalue weighted by Gasteiger charge is -2.48. The standard InChI is InChI=1S/C66H55B2N3O/c1-4-14-48(15-5-1)69-55-22-12-10-20-51(55)67-53-32-54-57(33-56(53)70(49-16-6-2-7-17-49)59-29-46(28-58(69)63(59)67)65-34-40-24-42(36-65)43(25-40)37-65)71(50-18-8-3-9-19-50)60-30-47(66-35-41-26-44(38-66)45(27-41)39-66)31-62-64(60)68(54)52-21-11-13-23-61(52)72-62/h1-23,28-33,40-45H,24-27,34-39H2. The normalized spacial score (nSPS) is 28.4. The molecule has 346 valence electrons. The molecule has 0 N–H and O–H groups in total. The Labute approximate surface area is 423 Å². The first-order chi connectivity index (χ1) is 35.5. The summed E-state index contributed by atoms with van der Waals surface area (Å²) in [6, 6.07) is 68.2. The van der Waals surface area contributed by atoms with Crippen LogP contribution >= 0.6 is 0 Å². The van der Waals surface area contributed by atoms with Gasteiger partial charge in [0.05, 0.1) is 0 Å². The van der Waals surface area contributed by atoms with Crippen LogP contribution < -0.4 is 52.2 Å². The summed E-state index contributed by atoms with van der Waals surface area (Å²) in [6.07, 6.45) is 13.7. The fourth-order valence-corrected chi connectivity index (χ4v) is 18.6. The smallest absolute Gasteiger partial charge is 0.256 e. The van der Waals surface area contributed by atoms with E-state index >= 15 is 0 Å². The van der Waals surface area contributed by atoms with E-state index in [0.717, 1.165) is 47.0 Å². The molecule has 4 unspecified atom stereocenters. The number of hydrogen-bond donors (Lipinski definition) is 0. The lowest BCUT2D eigenvalue weighted by Crippen LogP contribution is -2.64. The van der Waals surface area contributed by atoms with Crippen molar-refractivity contribution in [3.8, 4) is 11.5 Å². The van der Waals surface area contributed by atoms with Gasteiger partial charge in [-0.1, -0.05) is 97.1 Å². The minimum atomic E-state index is 0.00284. The molecule has 0 saturated heterocycles. The molecule has 0 spiro atoms. The van der Waals surface area contributed by atoms with Crippen LogP contribution in [-0.4, -0.2) is 13.4 Å². The number of rotatable bonds is 5. The third-order valence-electron chi connectivity index (χ3n) is 20.9. The van der Waals surface area contributed by atoms with Crippen molar-refractivity contribution in [1.29, 1.82) is 0 Å². The van der Waals surface area contributed by atoms with E-state index in [4.69, 9.17) is 4.74 Å². The zero-order valence-electron chi connectivity index (χ0n) is 40.7. The maximum atomic E-state index is 7.25. The monoisotopic (exact) mass is 927 g/mol. The number of anilines is 9. The molecule has 4 heterocycles. The van der Waals surface area contributed by atoms with Crippen LogP contribution in [0.2, 0.25) is 0 Å². The lowest BCUT2D eigenvalue weighted by atomic mass is 9.30. The van der Waals surface area contributed by atoms with Crippen molar-refractivity contribution in [2.75, 3.05) is 14.7 Å². The Balaban J connectivity index is 0.935. The quantitative estimate of drug-likeness (QED) is 0.160. The number of benzene rings is 8. The Hall–Kier alpha value is -6.91. The zero-order valence-corrected chi connectivity index (χ0v) is 40.7. The summed E-state index contributed by atoms with van der Waals surface area (Å²) in [5, 5.41) is 0. The third kappa shape index (κ3) is 5.16. The summed E-state index contributed by atoms with van der Waals surface area (Å²) in [5.41, 5.74) is 23.0. The molecule has 8 aromatic rings. The number of hydrogen-bond acceptors (Lipinski definition) is 4. The molecule has 12 aliphatic rings. The Morgan fingerprint density at radius 1 is 0.347 bits per heavy atom. The van der Waals surface area contributed by atoms with E-state index in [0.29, 0.717) is 0 Å². The van der Waals surface area contributed by atoms with Crippen molar-refractivity contribution in [2.24, 2.45) is 35.5 Å². The van der Waals surface area contributed by atoms with Gasteiger partial charge in [-0.15, -0.1) is 0 Å². The molecule has 8 saturated carbocycles. The van der Waals surface area contributed by atoms with Crippen molar-refractivity contribution >= 4 is 97.4 Å². The van der Waals surface area contributed by atoms with Gasteiger partial charge in [0.1, 0.15) is 11.5 Å². The van der Waals surface area contributed by atoms with E-state index in [-0.39, 0.29) is 24.3 Å². The number of fused-ring (bicyclic) bond motifs is 8. The molecule has 4 aliphatic heterocycles. The van der Waals surface area contributed by atoms with E-state index in [1.165, 1.54) is 154 Å². The maximum Gasteiger partial charge on any atom is 0.256 e. The average molecular weight is 928 g/mol. The first-order valence-electron chi connectivity index (χ1n) is 27.5. The van der Waals surface area contributed by atoms with Gasteiger partial charge < -0.3 is 19.4 Å².